The molecule has 0 N–H and O–H groups in total. The van der Waals surface area contributed by atoms with Gasteiger partial charge < -0.3 is 0 Å². The molecular formula is C16H16N2OS2. The average Bonchev–Trinajstić information content (AvgIpc) is 2.93. The molecule has 0 saturated carbocycles. The maximum atomic E-state index is 12.2. The quantitative estimate of drug-likeness (QED) is 0.543. The van der Waals surface area contributed by atoms with Crippen LogP contribution in [0.25, 0.3) is 10.2 Å². The van der Waals surface area contributed by atoms with Gasteiger partial charge in [0.05, 0.1) is 5.52 Å². The summed E-state index contributed by atoms with van der Waals surface area (Å²) < 4.78 is 2.37. The van der Waals surface area contributed by atoms with Crippen molar-refractivity contribution in [3.63, 3.8) is 0 Å². The largest absolute Gasteiger partial charge is 0.290 e. The molecule has 108 valence electrons. The van der Waals surface area contributed by atoms with E-state index in [2.05, 4.69) is 37.0 Å². The minimum Gasteiger partial charge on any atom is -0.290 e. The molecule has 2 aromatic heterocycles. The summed E-state index contributed by atoms with van der Waals surface area (Å²) in [4.78, 5) is 16.8. The summed E-state index contributed by atoms with van der Waals surface area (Å²) in [5, 5.41) is 2.68. The molecule has 0 saturated heterocycles. The maximum absolute atomic E-state index is 12.2. The fraction of sp³-hybridized carbons (Fsp3) is 0.250. The van der Waals surface area contributed by atoms with E-state index in [4.69, 9.17) is 0 Å². The van der Waals surface area contributed by atoms with Crippen molar-refractivity contribution in [3.05, 3.63) is 56.7 Å². The third-order valence-corrected chi connectivity index (χ3v) is 5.58. The highest BCUT2D eigenvalue weighted by atomic mass is 32.2. The highest BCUT2D eigenvalue weighted by Crippen LogP contribution is 2.24. The van der Waals surface area contributed by atoms with Gasteiger partial charge >= 0.3 is 0 Å². The van der Waals surface area contributed by atoms with Crippen molar-refractivity contribution in [2.24, 2.45) is 7.05 Å². The summed E-state index contributed by atoms with van der Waals surface area (Å²) in [6, 6.07) is 8.38. The zero-order valence-electron chi connectivity index (χ0n) is 12.2. The molecule has 0 fully saturated rings. The molecule has 0 aliphatic carbocycles. The zero-order valence-corrected chi connectivity index (χ0v) is 13.8. The van der Waals surface area contributed by atoms with Gasteiger partial charge in [0, 0.05) is 12.8 Å². The third-order valence-electron chi connectivity index (χ3n) is 3.59. The molecule has 0 atom stereocenters. The number of hydrogen-bond acceptors (Lipinski definition) is 4. The Morgan fingerprint density at radius 3 is 2.81 bits per heavy atom. The number of thiophene rings is 1. The van der Waals surface area contributed by atoms with Gasteiger partial charge in [-0.25, -0.2) is 4.98 Å². The molecule has 3 rings (SSSR count). The van der Waals surface area contributed by atoms with Crippen molar-refractivity contribution in [1.82, 2.24) is 9.55 Å². The van der Waals surface area contributed by atoms with Gasteiger partial charge in [-0.05, 0) is 42.0 Å². The third kappa shape index (κ3) is 2.76. The van der Waals surface area contributed by atoms with Crippen LogP contribution in [0.2, 0.25) is 0 Å². The number of aromatic nitrogens is 2. The number of fused-ring (bicyclic) bond motifs is 1. The molecule has 0 amide bonds. The molecule has 3 nitrogen and oxygen atoms in total. The van der Waals surface area contributed by atoms with Gasteiger partial charge in [0.25, 0.3) is 5.56 Å². The number of aryl methyl sites for hydroxylation is 2. The van der Waals surface area contributed by atoms with Crippen LogP contribution in [0.3, 0.4) is 0 Å². The van der Waals surface area contributed by atoms with E-state index in [1.54, 1.807) is 23.4 Å². The Balaban J connectivity index is 1.89. The van der Waals surface area contributed by atoms with Crippen LogP contribution >= 0.6 is 23.1 Å². The van der Waals surface area contributed by atoms with E-state index in [1.165, 1.54) is 28.0 Å². The number of rotatable bonds is 3. The van der Waals surface area contributed by atoms with E-state index >= 15 is 0 Å². The molecule has 1 aromatic carbocycles. The number of nitrogens with zero attached hydrogens (tertiary/aromatic N) is 2. The maximum Gasteiger partial charge on any atom is 0.271 e. The summed E-state index contributed by atoms with van der Waals surface area (Å²) >= 11 is 3.05. The molecule has 2 heterocycles. The Kier molecular flexibility index (Phi) is 3.87. The summed E-state index contributed by atoms with van der Waals surface area (Å²) in [6.07, 6.45) is 0. The van der Waals surface area contributed by atoms with Gasteiger partial charge in [-0.1, -0.05) is 30.0 Å². The molecule has 0 radical (unpaired) electrons. The summed E-state index contributed by atoms with van der Waals surface area (Å²) in [7, 11) is 1.79. The monoisotopic (exact) mass is 316 g/mol. The smallest absolute Gasteiger partial charge is 0.271 e. The van der Waals surface area contributed by atoms with Gasteiger partial charge in [0.15, 0.2) is 5.16 Å². The average molecular weight is 316 g/mol. The van der Waals surface area contributed by atoms with Crippen LogP contribution in [0, 0.1) is 13.8 Å². The van der Waals surface area contributed by atoms with Gasteiger partial charge in [0.1, 0.15) is 4.70 Å². The van der Waals surface area contributed by atoms with Crippen LogP contribution in [0.4, 0.5) is 0 Å². The molecule has 0 unspecified atom stereocenters. The highest BCUT2D eigenvalue weighted by molar-refractivity contribution is 7.98. The molecular weight excluding hydrogens is 300 g/mol. The molecule has 0 aliphatic heterocycles. The van der Waals surface area contributed by atoms with Crippen LogP contribution < -0.4 is 5.56 Å². The fourth-order valence-electron chi connectivity index (χ4n) is 2.14. The van der Waals surface area contributed by atoms with Gasteiger partial charge in [-0.15, -0.1) is 11.3 Å². The Labute approximate surface area is 131 Å². The second kappa shape index (κ2) is 5.66. The van der Waals surface area contributed by atoms with Gasteiger partial charge in [-0.2, -0.15) is 0 Å². The molecule has 0 aliphatic rings. The van der Waals surface area contributed by atoms with Crippen molar-refractivity contribution in [2.45, 2.75) is 24.8 Å². The first kappa shape index (κ1) is 14.4. The summed E-state index contributed by atoms with van der Waals surface area (Å²) in [6.45, 7) is 4.23. The number of hydrogen-bond donors (Lipinski definition) is 0. The Morgan fingerprint density at radius 1 is 1.24 bits per heavy atom. The van der Waals surface area contributed by atoms with Crippen LogP contribution in [-0.2, 0) is 12.8 Å². The standard InChI is InChI=1S/C16H16N2OS2/c1-10-4-5-12(8-11(10)2)9-21-16-17-13-6-7-20-14(13)15(19)18(16)3/h4-8H,9H2,1-3H3. The molecule has 3 aromatic rings. The van der Waals surface area contributed by atoms with Crippen LogP contribution in [-0.4, -0.2) is 9.55 Å². The van der Waals surface area contributed by atoms with E-state index < -0.39 is 0 Å². The van der Waals surface area contributed by atoms with Crippen molar-refractivity contribution in [3.8, 4) is 0 Å². The minimum absolute atomic E-state index is 0.0394. The Morgan fingerprint density at radius 2 is 2.05 bits per heavy atom. The fourth-order valence-corrected chi connectivity index (χ4v) is 3.86. The zero-order chi connectivity index (χ0) is 15.0. The molecule has 5 heteroatoms. The Bertz CT molecular complexity index is 864. The first-order valence-corrected chi connectivity index (χ1v) is 8.56. The lowest BCUT2D eigenvalue weighted by molar-refractivity contribution is 0.728. The van der Waals surface area contributed by atoms with Crippen molar-refractivity contribution >= 4 is 33.3 Å². The van der Waals surface area contributed by atoms with E-state index in [-0.39, 0.29) is 5.56 Å². The van der Waals surface area contributed by atoms with E-state index in [0.29, 0.717) is 0 Å². The van der Waals surface area contributed by atoms with Crippen LogP contribution in [0.1, 0.15) is 16.7 Å². The second-order valence-corrected chi connectivity index (χ2v) is 6.96. The predicted octanol–water partition coefficient (Wildman–Crippen LogP) is 3.90. The topological polar surface area (TPSA) is 34.9 Å². The molecule has 0 spiro atoms. The van der Waals surface area contributed by atoms with E-state index in [1.807, 2.05) is 11.4 Å². The van der Waals surface area contributed by atoms with Crippen molar-refractivity contribution < 1.29 is 0 Å². The minimum atomic E-state index is 0.0394. The van der Waals surface area contributed by atoms with Gasteiger partial charge in [-0.3, -0.25) is 9.36 Å². The lowest BCUT2D eigenvalue weighted by Gasteiger charge is -2.08. The molecule has 0 bridgehead atoms. The number of benzene rings is 1. The van der Waals surface area contributed by atoms with E-state index in [0.717, 1.165) is 21.1 Å². The van der Waals surface area contributed by atoms with Crippen molar-refractivity contribution in [1.29, 1.82) is 0 Å². The Hall–Kier alpha value is -1.59. The van der Waals surface area contributed by atoms with Crippen LogP contribution in [0.5, 0.6) is 0 Å². The lowest BCUT2D eigenvalue weighted by Crippen LogP contribution is -2.18. The predicted molar refractivity (Wildman–Crippen MR) is 90.3 cm³/mol. The normalized spacial score (nSPS) is 11.2. The second-order valence-electron chi connectivity index (χ2n) is 5.10. The lowest BCUT2D eigenvalue weighted by atomic mass is 10.1. The van der Waals surface area contributed by atoms with Gasteiger partial charge in [0.2, 0.25) is 0 Å². The van der Waals surface area contributed by atoms with E-state index in [9.17, 15) is 4.79 Å². The van der Waals surface area contributed by atoms with Crippen LogP contribution in [0.15, 0.2) is 39.6 Å². The molecule has 21 heavy (non-hydrogen) atoms. The number of thioether (sulfide) groups is 1. The summed E-state index contributed by atoms with van der Waals surface area (Å²) in [5.41, 5.74) is 4.68. The summed E-state index contributed by atoms with van der Waals surface area (Å²) in [5.74, 6) is 0.817. The highest BCUT2D eigenvalue weighted by Gasteiger charge is 2.10. The SMILES string of the molecule is Cc1ccc(CSc2nc3ccsc3c(=O)n2C)cc1C. The first-order chi connectivity index (χ1) is 10.1. The first-order valence-electron chi connectivity index (χ1n) is 6.69. The van der Waals surface area contributed by atoms with Crippen molar-refractivity contribution in [2.75, 3.05) is 0 Å².